The van der Waals surface area contributed by atoms with Gasteiger partial charge in [-0.2, -0.15) is 0 Å². The second-order valence-electron chi connectivity index (χ2n) is 0.253. The van der Waals surface area contributed by atoms with Gasteiger partial charge in [-0.05, 0) is 0 Å². The minimum atomic E-state index is -1.02. The zero-order chi connectivity index (χ0) is 3.58. The SMILES string of the molecule is O=C(O)Br. The van der Waals surface area contributed by atoms with Gasteiger partial charge in [0.15, 0.2) is 0 Å². The molecule has 0 unspecified atom stereocenters. The van der Waals surface area contributed by atoms with E-state index in [0.717, 1.165) is 0 Å². The quantitative estimate of drug-likeness (QED) is 0.491. The van der Waals surface area contributed by atoms with Crippen molar-refractivity contribution in [3.05, 3.63) is 0 Å². The van der Waals surface area contributed by atoms with Crippen LogP contribution in [0.4, 0.5) is 4.79 Å². The van der Waals surface area contributed by atoms with Crippen molar-refractivity contribution >= 4 is 20.8 Å². The maximum atomic E-state index is 8.92. The van der Waals surface area contributed by atoms with Gasteiger partial charge in [0.25, 0.3) is 0 Å². The predicted molar refractivity (Wildman–Crippen MR) is 17.0 cm³/mol. The third-order valence-electron chi connectivity index (χ3n) is 0. The van der Waals surface area contributed by atoms with Gasteiger partial charge in [-0.1, -0.05) is 0 Å². The fourth-order valence-electron chi connectivity index (χ4n) is 0. The Bertz CT molecular complexity index is 29.0. The van der Waals surface area contributed by atoms with Crippen LogP contribution in [0.1, 0.15) is 0 Å². The molecular weight excluding hydrogens is 124 g/mol. The second-order valence-corrected chi connectivity index (χ2v) is 0.931. The molecule has 0 amide bonds. The molecule has 0 fully saturated rings. The molecule has 0 aliphatic rings. The van der Waals surface area contributed by atoms with E-state index in [0.29, 0.717) is 0 Å². The van der Waals surface area contributed by atoms with Crippen LogP contribution in [0.5, 0.6) is 0 Å². The van der Waals surface area contributed by atoms with Crippen LogP contribution in [-0.2, 0) is 0 Å². The lowest BCUT2D eigenvalue weighted by molar-refractivity contribution is 0.223. The highest BCUT2D eigenvalue weighted by molar-refractivity contribution is 9.18. The number of carboxylic acid groups (broad SMARTS) is 1. The third kappa shape index (κ3) is 704. The molecule has 3 heteroatoms. The summed E-state index contributed by atoms with van der Waals surface area (Å²) in [4.78, 5) is 7.90. The van der Waals surface area contributed by atoms with Crippen molar-refractivity contribution in [2.24, 2.45) is 0 Å². The summed E-state index contributed by atoms with van der Waals surface area (Å²) >= 11 is 2.19. The van der Waals surface area contributed by atoms with E-state index in [1.165, 1.54) is 0 Å². The van der Waals surface area contributed by atoms with E-state index >= 15 is 0 Å². The van der Waals surface area contributed by atoms with Crippen molar-refractivity contribution in [1.29, 1.82) is 0 Å². The average molecular weight is 125 g/mol. The summed E-state index contributed by atoms with van der Waals surface area (Å²) in [5.41, 5.74) is 0. The Hall–Kier alpha value is -0.0500. The van der Waals surface area contributed by atoms with Crippen molar-refractivity contribution < 1.29 is 9.90 Å². The molecule has 0 heterocycles. The van der Waals surface area contributed by atoms with Crippen LogP contribution in [0.15, 0.2) is 0 Å². The Balaban J connectivity index is 2.80. The molecule has 0 saturated carbocycles. The molecule has 24 valence electrons. The van der Waals surface area contributed by atoms with Crippen LogP contribution in [0, 0.1) is 0 Å². The smallest absolute Gasteiger partial charge is 0.372 e. The normalized spacial score (nSPS) is 6.25. The molecule has 0 radical (unpaired) electrons. The van der Waals surface area contributed by atoms with Gasteiger partial charge in [-0.25, -0.2) is 4.79 Å². The van der Waals surface area contributed by atoms with Crippen molar-refractivity contribution in [3.8, 4) is 0 Å². The van der Waals surface area contributed by atoms with Crippen LogP contribution < -0.4 is 0 Å². The molecule has 0 aliphatic carbocycles. The lowest BCUT2D eigenvalue weighted by Crippen LogP contribution is -1.65. The fourth-order valence-corrected chi connectivity index (χ4v) is 0. The molecule has 0 rings (SSSR count). The zero-order valence-electron chi connectivity index (χ0n) is 1.73. The summed E-state index contributed by atoms with van der Waals surface area (Å²) in [5, 5.41) is 7.33. The molecular formula is CHBrO2. The predicted octanol–water partition coefficient (Wildman–Crippen LogP) is 1.06. The average Bonchev–Trinajstić information content (AvgIpc) is 0.811. The molecule has 0 atom stereocenters. The van der Waals surface area contributed by atoms with E-state index in [-0.39, 0.29) is 0 Å². The lowest BCUT2D eigenvalue weighted by atomic mass is 11.7. The van der Waals surface area contributed by atoms with Crippen LogP contribution in [0.3, 0.4) is 0 Å². The molecule has 2 nitrogen and oxygen atoms in total. The molecule has 1 N–H and O–H groups in total. The molecule has 0 aliphatic heterocycles. The van der Waals surface area contributed by atoms with Crippen LogP contribution in [0.25, 0.3) is 0 Å². The van der Waals surface area contributed by atoms with Crippen LogP contribution >= 0.6 is 15.9 Å². The zero-order valence-corrected chi connectivity index (χ0v) is 3.32. The summed E-state index contributed by atoms with van der Waals surface area (Å²) in [6.45, 7) is 0. The highest BCUT2D eigenvalue weighted by Crippen LogP contribution is 1.74. The number of hydrogen-bond acceptors (Lipinski definition) is 1. The van der Waals surface area contributed by atoms with Gasteiger partial charge in [-0.15, -0.1) is 0 Å². The standard InChI is InChI=1S/CHBrO2/c2-1(3)4/h(H,3,4). The van der Waals surface area contributed by atoms with Crippen LogP contribution in [-0.4, -0.2) is 9.99 Å². The van der Waals surface area contributed by atoms with E-state index in [1.54, 1.807) is 0 Å². The Morgan fingerprint density at radius 1 is 2.00 bits per heavy atom. The minimum absolute atomic E-state index is 1.02. The Morgan fingerprint density at radius 3 is 2.00 bits per heavy atom. The highest BCUT2D eigenvalue weighted by atomic mass is 79.9. The fraction of sp³-hybridized carbons (Fsp3) is 0. The first-order chi connectivity index (χ1) is 1.73. The monoisotopic (exact) mass is 124 g/mol. The summed E-state index contributed by atoms with van der Waals surface area (Å²) in [7, 11) is 0. The maximum absolute atomic E-state index is 8.92. The van der Waals surface area contributed by atoms with Crippen LogP contribution in [0.2, 0.25) is 0 Å². The first-order valence-corrected chi connectivity index (χ1v) is 1.41. The van der Waals surface area contributed by atoms with Gasteiger partial charge in [0.1, 0.15) is 0 Å². The third-order valence-corrected chi connectivity index (χ3v) is 0. The van der Waals surface area contributed by atoms with E-state index < -0.39 is 4.88 Å². The van der Waals surface area contributed by atoms with Gasteiger partial charge in [0.05, 0.1) is 0 Å². The molecule has 4 heavy (non-hydrogen) atoms. The van der Waals surface area contributed by atoms with Crippen molar-refractivity contribution in [1.82, 2.24) is 0 Å². The van der Waals surface area contributed by atoms with E-state index in [4.69, 9.17) is 9.90 Å². The second kappa shape index (κ2) is 1.29. The van der Waals surface area contributed by atoms with Gasteiger partial charge in [0, 0.05) is 15.9 Å². The highest BCUT2D eigenvalue weighted by Gasteiger charge is 1.70. The molecule has 0 aromatic heterocycles. The van der Waals surface area contributed by atoms with Gasteiger partial charge in [0.2, 0.25) is 0 Å². The summed E-state index contributed by atoms with van der Waals surface area (Å²) in [5.74, 6) is 0. The van der Waals surface area contributed by atoms with Gasteiger partial charge < -0.3 is 5.11 Å². The first-order valence-electron chi connectivity index (χ1n) is 0.617. The largest absolute Gasteiger partial charge is 0.473 e. The molecule has 0 aromatic carbocycles. The van der Waals surface area contributed by atoms with E-state index in [2.05, 4.69) is 15.9 Å². The Labute approximate surface area is 31.6 Å². The van der Waals surface area contributed by atoms with Crippen molar-refractivity contribution in [2.75, 3.05) is 0 Å². The Morgan fingerprint density at radius 2 is 2.00 bits per heavy atom. The molecule has 0 bridgehead atoms. The van der Waals surface area contributed by atoms with Crippen molar-refractivity contribution in [2.45, 2.75) is 0 Å². The van der Waals surface area contributed by atoms with Gasteiger partial charge in [-0.3, -0.25) is 0 Å². The summed E-state index contributed by atoms with van der Waals surface area (Å²) < 4.78 is 0. The number of halogens is 1. The number of rotatable bonds is 0. The van der Waals surface area contributed by atoms with Crippen molar-refractivity contribution in [3.63, 3.8) is 0 Å². The summed E-state index contributed by atoms with van der Waals surface area (Å²) in [6, 6.07) is 0. The summed E-state index contributed by atoms with van der Waals surface area (Å²) in [6.07, 6.45) is 0. The lowest BCUT2D eigenvalue weighted by Gasteiger charge is -1.56. The van der Waals surface area contributed by atoms with E-state index in [9.17, 15) is 0 Å². The molecule has 0 saturated heterocycles. The Kier molecular flexibility index (Phi) is 1.27. The molecule has 0 aromatic rings. The van der Waals surface area contributed by atoms with Gasteiger partial charge >= 0.3 is 4.88 Å². The number of hydrogen-bond donors (Lipinski definition) is 1. The topological polar surface area (TPSA) is 37.3 Å². The first kappa shape index (κ1) is 3.95. The molecule has 0 spiro atoms. The van der Waals surface area contributed by atoms with E-state index in [1.807, 2.05) is 0 Å². The maximum Gasteiger partial charge on any atom is 0.372 e. The number of carbonyl (C=O) groups is 1. The minimum Gasteiger partial charge on any atom is -0.473 e.